The largest absolute Gasteiger partial charge is 0.324 e. The van der Waals surface area contributed by atoms with Crippen LogP contribution in [0.2, 0.25) is 0 Å². The Hall–Kier alpha value is -3.14. The van der Waals surface area contributed by atoms with Crippen LogP contribution in [0.15, 0.2) is 54.7 Å². The van der Waals surface area contributed by atoms with Crippen molar-refractivity contribution in [1.82, 2.24) is 14.5 Å². The lowest BCUT2D eigenvalue weighted by Crippen LogP contribution is -2.01. The summed E-state index contributed by atoms with van der Waals surface area (Å²) in [5.74, 6) is 0.604. The van der Waals surface area contributed by atoms with Gasteiger partial charge in [0.1, 0.15) is 0 Å². The van der Waals surface area contributed by atoms with Gasteiger partial charge in [-0.3, -0.25) is 4.57 Å². The van der Waals surface area contributed by atoms with E-state index >= 15 is 0 Å². The fourth-order valence-electron chi connectivity index (χ4n) is 3.24. The highest BCUT2D eigenvalue weighted by Gasteiger charge is 2.15. The van der Waals surface area contributed by atoms with E-state index in [1.807, 2.05) is 18.3 Å². The van der Waals surface area contributed by atoms with Gasteiger partial charge in [-0.2, -0.15) is 4.98 Å². The van der Waals surface area contributed by atoms with Gasteiger partial charge in [0.15, 0.2) is 5.65 Å². The van der Waals surface area contributed by atoms with Crippen molar-refractivity contribution in [3.05, 3.63) is 77.1 Å². The highest BCUT2D eigenvalue weighted by molar-refractivity contribution is 5.84. The van der Waals surface area contributed by atoms with Crippen molar-refractivity contribution >= 4 is 22.7 Å². The SMILES string of the molecule is Cc1ccc(Nc2ncc3c(C)c(C)n(-c4cccc(C)c4)c3n2)cc1. The molecule has 0 unspecified atom stereocenters. The zero-order valence-electron chi connectivity index (χ0n) is 15.5. The molecule has 0 fully saturated rings. The maximum absolute atomic E-state index is 4.82. The van der Waals surface area contributed by atoms with Crippen molar-refractivity contribution in [3.8, 4) is 5.69 Å². The van der Waals surface area contributed by atoms with E-state index < -0.39 is 0 Å². The van der Waals surface area contributed by atoms with Gasteiger partial charge in [0.05, 0.1) is 0 Å². The minimum Gasteiger partial charge on any atom is -0.324 e. The van der Waals surface area contributed by atoms with Crippen LogP contribution in [0.25, 0.3) is 16.7 Å². The predicted octanol–water partition coefficient (Wildman–Crippen LogP) is 5.40. The minimum atomic E-state index is 0.604. The van der Waals surface area contributed by atoms with Crippen molar-refractivity contribution in [3.63, 3.8) is 0 Å². The molecule has 2 heterocycles. The number of benzene rings is 2. The maximum Gasteiger partial charge on any atom is 0.229 e. The molecule has 2 aromatic carbocycles. The molecule has 0 aliphatic rings. The summed E-state index contributed by atoms with van der Waals surface area (Å²) < 4.78 is 2.21. The lowest BCUT2D eigenvalue weighted by Gasteiger charge is -2.10. The zero-order valence-corrected chi connectivity index (χ0v) is 15.5. The second-order valence-electron chi connectivity index (χ2n) is 6.81. The normalized spacial score (nSPS) is 11.1. The third kappa shape index (κ3) is 2.84. The van der Waals surface area contributed by atoms with E-state index in [0.29, 0.717) is 5.95 Å². The van der Waals surface area contributed by atoms with Crippen LogP contribution >= 0.6 is 0 Å². The molecule has 0 atom stereocenters. The molecule has 2 aromatic heterocycles. The molecule has 0 saturated heterocycles. The van der Waals surface area contributed by atoms with Crippen LogP contribution in [0.4, 0.5) is 11.6 Å². The molecule has 4 heteroatoms. The zero-order chi connectivity index (χ0) is 18.3. The fraction of sp³-hybridized carbons (Fsp3) is 0.182. The topological polar surface area (TPSA) is 42.7 Å². The number of nitrogens with one attached hydrogen (secondary N) is 1. The fourth-order valence-corrected chi connectivity index (χ4v) is 3.24. The molecule has 0 spiro atoms. The molecular weight excluding hydrogens is 320 g/mol. The molecular formula is C22H22N4. The average Bonchev–Trinajstić information content (AvgIpc) is 2.87. The van der Waals surface area contributed by atoms with Crippen molar-refractivity contribution in [2.75, 3.05) is 5.32 Å². The highest BCUT2D eigenvalue weighted by atomic mass is 15.2. The number of aryl methyl sites for hydroxylation is 3. The Bertz CT molecular complexity index is 1090. The van der Waals surface area contributed by atoms with Gasteiger partial charge in [-0.15, -0.1) is 0 Å². The Kier molecular flexibility index (Phi) is 3.96. The molecule has 4 aromatic rings. The Morgan fingerprint density at radius 3 is 2.38 bits per heavy atom. The molecule has 0 aliphatic carbocycles. The number of aromatic nitrogens is 3. The van der Waals surface area contributed by atoms with Crippen molar-refractivity contribution < 1.29 is 0 Å². The Balaban J connectivity index is 1.84. The van der Waals surface area contributed by atoms with Gasteiger partial charge in [0.2, 0.25) is 5.95 Å². The highest BCUT2D eigenvalue weighted by Crippen LogP contribution is 2.28. The third-order valence-corrected chi connectivity index (χ3v) is 4.83. The van der Waals surface area contributed by atoms with Crippen molar-refractivity contribution in [1.29, 1.82) is 0 Å². The molecule has 0 aliphatic heterocycles. The second kappa shape index (κ2) is 6.30. The van der Waals surface area contributed by atoms with Crippen LogP contribution in [0, 0.1) is 27.7 Å². The summed E-state index contributed by atoms with van der Waals surface area (Å²) in [5.41, 5.74) is 7.89. The number of anilines is 2. The lowest BCUT2D eigenvalue weighted by molar-refractivity contribution is 1.01. The molecule has 0 bridgehead atoms. The van der Waals surface area contributed by atoms with Crippen molar-refractivity contribution in [2.24, 2.45) is 0 Å². The number of hydrogen-bond donors (Lipinski definition) is 1. The van der Waals surface area contributed by atoms with Crippen LogP contribution in [-0.2, 0) is 0 Å². The molecule has 1 N–H and O–H groups in total. The van der Waals surface area contributed by atoms with Gasteiger partial charge < -0.3 is 5.32 Å². The molecule has 0 radical (unpaired) electrons. The van der Waals surface area contributed by atoms with Crippen LogP contribution < -0.4 is 5.32 Å². The van der Waals surface area contributed by atoms with Crippen LogP contribution in [0.3, 0.4) is 0 Å². The summed E-state index contributed by atoms with van der Waals surface area (Å²) in [6.07, 6.45) is 1.91. The predicted molar refractivity (Wildman–Crippen MR) is 108 cm³/mol. The van der Waals surface area contributed by atoms with Gasteiger partial charge in [-0.25, -0.2) is 4.98 Å². The van der Waals surface area contributed by atoms with Crippen molar-refractivity contribution in [2.45, 2.75) is 27.7 Å². The minimum absolute atomic E-state index is 0.604. The molecule has 26 heavy (non-hydrogen) atoms. The number of fused-ring (bicyclic) bond motifs is 1. The first-order valence-corrected chi connectivity index (χ1v) is 8.78. The van der Waals surface area contributed by atoms with Gasteiger partial charge >= 0.3 is 0 Å². The van der Waals surface area contributed by atoms with E-state index in [1.54, 1.807) is 0 Å². The van der Waals surface area contributed by atoms with E-state index in [-0.39, 0.29) is 0 Å². The first kappa shape index (κ1) is 16.3. The first-order valence-electron chi connectivity index (χ1n) is 8.78. The van der Waals surface area contributed by atoms with Crippen LogP contribution in [0.1, 0.15) is 22.4 Å². The summed E-state index contributed by atoms with van der Waals surface area (Å²) in [7, 11) is 0. The Morgan fingerprint density at radius 2 is 1.65 bits per heavy atom. The second-order valence-corrected chi connectivity index (χ2v) is 6.81. The maximum atomic E-state index is 4.82. The summed E-state index contributed by atoms with van der Waals surface area (Å²) in [4.78, 5) is 9.34. The molecule has 0 amide bonds. The molecule has 4 rings (SSSR count). The van der Waals surface area contributed by atoms with E-state index in [1.165, 1.54) is 22.4 Å². The van der Waals surface area contributed by atoms with E-state index in [2.05, 4.69) is 79.0 Å². The monoisotopic (exact) mass is 342 g/mol. The van der Waals surface area contributed by atoms with Crippen LogP contribution in [-0.4, -0.2) is 14.5 Å². The van der Waals surface area contributed by atoms with Gasteiger partial charge in [-0.1, -0.05) is 29.8 Å². The summed E-state index contributed by atoms with van der Waals surface area (Å²) in [5, 5.41) is 4.39. The number of nitrogens with zero attached hydrogens (tertiary/aromatic N) is 3. The van der Waals surface area contributed by atoms with Gasteiger partial charge in [0.25, 0.3) is 0 Å². The van der Waals surface area contributed by atoms with Crippen LogP contribution in [0.5, 0.6) is 0 Å². The number of rotatable bonds is 3. The van der Waals surface area contributed by atoms with E-state index in [4.69, 9.17) is 4.98 Å². The van der Waals surface area contributed by atoms with Gasteiger partial charge in [-0.05, 0) is 63.1 Å². The van der Waals surface area contributed by atoms with Gasteiger partial charge in [0, 0.05) is 28.7 Å². The Labute approximate surface area is 153 Å². The molecule has 130 valence electrons. The molecule has 0 saturated carbocycles. The average molecular weight is 342 g/mol. The Morgan fingerprint density at radius 1 is 0.885 bits per heavy atom. The molecule has 4 nitrogen and oxygen atoms in total. The first-order chi connectivity index (χ1) is 12.5. The standard InChI is InChI=1S/C22H22N4/c1-14-8-10-18(11-9-14)24-22-23-13-20-16(3)17(4)26(21(20)25-22)19-7-5-6-15(2)12-19/h5-13H,1-4H3,(H,23,24,25). The summed E-state index contributed by atoms with van der Waals surface area (Å²) in [6, 6.07) is 16.7. The third-order valence-electron chi connectivity index (χ3n) is 4.83. The summed E-state index contributed by atoms with van der Waals surface area (Å²) >= 11 is 0. The lowest BCUT2D eigenvalue weighted by atomic mass is 10.2. The number of hydrogen-bond acceptors (Lipinski definition) is 3. The smallest absolute Gasteiger partial charge is 0.229 e. The quantitative estimate of drug-likeness (QED) is 0.542. The van der Waals surface area contributed by atoms with E-state index in [0.717, 1.165) is 22.4 Å². The summed E-state index contributed by atoms with van der Waals surface area (Å²) in [6.45, 7) is 8.44. The van der Waals surface area contributed by atoms with E-state index in [9.17, 15) is 0 Å².